The molecule has 2 amide bonds. The Morgan fingerprint density at radius 3 is 2.31 bits per heavy atom. The molecular weight excluding hydrogens is 360 g/mol. The second-order valence-electron chi connectivity index (χ2n) is 8.11. The number of nitrogens with zero attached hydrogens (tertiary/aromatic N) is 1. The van der Waals surface area contributed by atoms with Crippen LogP contribution in [0, 0.1) is 17.3 Å². The third kappa shape index (κ3) is 3.14. The van der Waals surface area contributed by atoms with Gasteiger partial charge in [-0.05, 0) is 24.2 Å². The molecule has 146 valence electrons. The summed E-state index contributed by atoms with van der Waals surface area (Å²) in [7, 11) is 0. The van der Waals surface area contributed by atoms with Gasteiger partial charge in [-0.2, -0.15) is 13.2 Å². The van der Waals surface area contributed by atoms with E-state index in [2.05, 4.69) is 0 Å². The molecule has 1 heterocycles. The highest BCUT2D eigenvalue weighted by Crippen LogP contribution is 2.65. The van der Waals surface area contributed by atoms with Crippen molar-refractivity contribution in [3.63, 3.8) is 0 Å². The lowest BCUT2D eigenvalue weighted by atomic mass is 9.99. The molecule has 1 saturated heterocycles. The maximum atomic E-state index is 14.1. The molecular formula is C16H20F4N2O4. The summed E-state index contributed by atoms with van der Waals surface area (Å²) >= 11 is 0. The highest BCUT2D eigenvalue weighted by molar-refractivity contribution is 5.93. The molecule has 0 unspecified atom stereocenters. The van der Waals surface area contributed by atoms with Crippen molar-refractivity contribution in [2.24, 2.45) is 17.3 Å². The van der Waals surface area contributed by atoms with Crippen molar-refractivity contribution in [3.05, 3.63) is 0 Å². The van der Waals surface area contributed by atoms with Crippen LogP contribution in [0.4, 0.5) is 17.6 Å². The SMILES string of the molecule is CC1(C)[C@@H]2[C@@H](C(=O)O)N(C(=O)[C@H](CC3(F)CC3)NC(=O)C(F)(F)F)C[C@@H]21. The Bertz CT molecular complexity index is 659. The number of nitrogens with one attached hydrogen (secondary N) is 1. The van der Waals surface area contributed by atoms with Crippen LogP contribution in [0.1, 0.15) is 33.1 Å². The summed E-state index contributed by atoms with van der Waals surface area (Å²) in [6.07, 6.45) is -5.61. The molecule has 26 heavy (non-hydrogen) atoms. The number of likely N-dealkylation sites (tertiary alicyclic amines) is 1. The number of hydrogen-bond acceptors (Lipinski definition) is 3. The smallest absolute Gasteiger partial charge is 0.471 e. The molecule has 0 aromatic heterocycles. The van der Waals surface area contributed by atoms with Crippen molar-refractivity contribution in [2.45, 2.75) is 57.0 Å². The Balaban J connectivity index is 1.79. The van der Waals surface area contributed by atoms with Crippen LogP contribution in [-0.2, 0) is 14.4 Å². The largest absolute Gasteiger partial charge is 0.480 e. The lowest BCUT2D eigenvalue weighted by molar-refractivity contribution is -0.175. The van der Waals surface area contributed by atoms with Crippen LogP contribution in [0.25, 0.3) is 0 Å². The molecule has 0 spiro atoms. The molecule has 3 aliphatic rings. The summed E-state index contributed by atoms with van der Waals surface area (Å²) < 4.78 is 51.7. The summed E-state index contributed by atoms with van der Waals surface area (Å²) in [6, 6.07) is -2.92. The lowest BCUT2D eigenvalue weighted by Crippen LogP contribution is -2.56. The average molecular weight is 380 g/mol. The topological polar surface area (TPSA) is 86.7 Å². The van der Waals surface area contributed by atoms with E-state index in [-0.39, 0.29) is 36.6 Å². The van der Waals surface area contributed by atoms with Crippen LogP contribution in [0.2, 0.25) is 0 Å². The molecule has 3 fully saturated rings. The van der Waals surface area contributed by atoms with E-state index < -0.39 is 48.1 Å². The molecule has 0 aromatic carbocycles. The summed E-state index contributed by atoms with van der Waals surface area (Å²) in [5.74, 6) is -4.94. The summed E-state index contributed by atoms with van der Waals surface area (Å²) in [5, 5.41) is 11.0. The van der Waals surface area contributed by atoms with Crippen LogP contribution in [0.3, 0.4) is 0 Å². The van der Waals surface area contributed by atoms with Gasteiger partial charge in [0.25, 0.3) is 0 Å². The maximum Gasteiger partial charge on any atom is 0.471 e. The van der Waals surface area contributed by atoms with Gasteiger partial charge in [-0.15, -0.1) is 0 Å². The second-order valence-corrected chi connectivity index (χ2v) is 8.11. The molecule has 1 aliphatic heterocycles. The predicted octanol–water partition coefficient (Wildman–Crippen LogP) is 1.49. The van der Waals surface area contributed by atoms with Crippen molar-refractivity contribution < 1.29 is 37.1 Å². The summed E-state index contributed by atoms with van der Waals surface area (Å²) in [4.78, 5) is 36.6. The van der Waals surface area contributed by atoms with Crippen molar-refractivity contribution in [1.29, 1.82) is 0 Å². The van der Waals surface area contributed by atoms with E-state index in [1.54, 1.807) is 5.32 Å². The van der Waals surface area contributed by atoms with Gasteiger partial charge in [0.1, 0.15) is 17.8 Å². The molecule has 3 rings (SSSR count). The lowest BCUT2D eigenvalue weighted by Gasteiger charge is -2.32. The van der Waals surface area contributed by atoms with E-state index in [9.17, 15) is 37.1 Å². The number of carboxylic acids is 1. The third-order valence-corrected chi connectivity index (χ3v) is 5.97. The number of amides is 2. The third-order valence-electron chi connectivity index (χ3n) is 5.97. The van der Waals surface area contributed by atoms with E-state index in [1.807, 2.05) is 13.8 Å². The molecule has 0 aromatic rings. The van der Waals surface area contributed by atoms with Crippen LogP contribution in [0.15, 0.2) is 0 Å². The molecule has 2 N–H and O–H groups in total. The van der Waals surface area contributed by atoms with Crippen molar-refractivity contribution in [2.75, 3.05) is 6.54 Å². The van der Waals surface area contributed by atoms with E-state index in [4.69, 9.17) is 0 Å². The van der Waals surface area contributed by atoms with Crippen LogP contribution < -0.4 is 5.32 Å². The van der Waals surface area contributed by atoms with E-state index in [0.29, 0.717) is 0 Å². The number of carbonyl (C=O) groups is 3. The molecule has 6 nitrogen and oxygen atoms in total. The standard InChI is InChI=1S/C16H20F4N2O4/c1-14(2)7-6-22(10(9(7)14)12(24)25)11(23)8(5-15(17)3-4-15)21-13(26)16(18,19)20/h7-10H,3-6H2,1-2H3,(H,21,26)(H,24,25)/t7-,8-,9-,10-/m0/s1. The number of carboxylic acid groups (broad SMARTS) is 1. The molecule has 4 atom stereocenters. The van der Waals surface area contributed by atoms with Gasteiger partial charge in [0, 0.05) is 18.9 Å². The fraction of sp³-hybridized carbons (Fsp3) is 0.812. The van der Waals surface area contributed by atoms with Crippen molar-refractivity contribution >= 4 is 17.8 Å². The average Bonchev–Trinajstić information content (AvgIpc) is 3.25. The minimum atomic E-state index is -5.22. The van der Waals surface area contributed by atoms with Gasteiger partial charge >= 0.3 is 18.1 Å². The Morgan fingerprint density at radius 2 is 1.85 bits per heavy atom. The van der Waals surface area contributed by atoms with Gasteiger partial charge in [0.15, 0.2) is 0 Å². The molecule has 2 saturated carbocycles. The Hall–Kier alpha value is -1.87. The van der Waals surface area contributed by atoms with E-state index in [1.165, 1.54) is 0 Å². The van der Waals surface area contributed by atoms with Gasteiger partial charge < -0.3 is 15.3 Å². The first-order chi connectivity index (χ1) is 11.8. The van der Waals surface area contributed by atoms with Gasteiger partial charge in [0.2, 0.25) is 5.91 Å². The molecule has 2 aliphatic carbocycles. The first-order valence-electron chi connectivity index (χ1n) is 8.38. The van der Waals surface area contributed by atoms with Gasteiger partial charge in [-0.1, -0.05) is 13.8 Å². The number of aliphatic carboxylic acids is 1. The number of halogens is 4. The predicted molar refractivity (Wildman–Crippen MR) is 79.6 cm³/mol. The van der Waals surface area contributed by atoms with Crippen molar-refractivity contribution in [1.82, 2.24) is 10.2 Å². The monoisotopic (exact) mass is 380 g/mol. The number of piperidine rings is 1. The van der Waals surface area contributed by atoms with E-state index in [0.717, 1.165) is 4.90 Å². The van der Waals surface area contributed by atoms with Crippen LogP contribution >= 0.6 is 0 Å². The normalized spacial score (nSPS) is 31.8. The Kier molecular flexibility index (Phi) is 4.04. The summed E-state index contributed by atoms with van der Waals surface area (Å²) in [6.45, 7) is 3.80. The Labute approximate surface area is 146 Å². The zero-order valence-corrected chi connectivity index (χ0v) is 14.3. The van der Waals surface area contributed by atoms with Gasteiger partial charge in [-0.25, -0.2) is 9.18 Å². The zero-order chi connectivity index (χ0) is 19.7. The highest BCUT2D eigenvalue weighted by atomic mass is 19.4. The number of hydrogen-bond donors (Lipinski definition) is 2. The number of alkyl halides is 4. The highest BCUT2D eigenvalue weighted by Gasteiger charge is 2.70. The van der Waals surface area contributed by atoms with Gasteiger partial charge in [0.05, 0.1) is 0 Å². The minimum Gasteiger partial charge on any atom is -0.480 e. The van der Waals surface area contributed by atoms with Crippen LogP contribution in [0.5, 0.6) is 0 Å². The second kappa shape index (κ2) is 5.56. The first kappa shape index (κ1) is 18.9. The van der Waals surface area contributed by atoms with Gasteiger partial charge in [-0.3, -0.25) is 9.59 Å². The van der Waals surface area contributed by atoms with Crippen molar-refractivity contribution in [3.8, 4) is 0 Å². The minimum absolute atomic E-state index is 0.0745. The fourth-order valence-corrected chi connectivity index (χ4v) is 4.14. The van der Waals surface area contributed by atoms with Crippen LogP contribution in [-0.4, -0.2) is 58.3 Å². The number of fused-ring (bicyclic) bond motifs is 1. The molecule has 0 radical (unpaired) electrons. The van der Waals surface area contributed by atoms with E-state index >= 15 is 0 Å². The number of carbonyl (C=O) groups excluding carboxylic acids is 2. The molecule has 10 heteroatoms. The maximum absolute atomic E-state index is 14.1. The zero-order valence-electron chi connectivity index (χ0n) is 14.3. The number of rotatable bonds is 5. The quantitative estimate of drug-likeness (QED) is 0.708. The molecule has 0 bridgehead atoms. The fourth-order valence-electron chi connectivity index (χ4n) is 4.14. The Morgan fingerprint density at radius 1 is 1.27 bits per heavy atom. The first-order valence-corrected chi connectivity index (χ1v) is 8.38. The summed E-state index contributed by atoms with van der Waals surface area (Å²) in [5.41, 5.74) is -2.07.